The molecule has 0 bridgehead atoms. The molecule has 1 aromatic carbocycles. The summed E-state index contributed by atoms with van der Waals surface area (Å²) >= 11 is 0. The lowest BCUT2D eigenvalue weighted by Crippen LogP contribution is -2.45. The smallest absolute Gasteiger partial charge is 0.131 e. The minimum absolute atomic E-state index is 0. The van der Waals surface area contributed by atoms with Crippen LogP contribution < -0.4 is 10.1 Å². The van der Waals surface area contributed by atoms with Gasteiger partial charge in [-0.05, 0) is 12.5 Å². The number of halogens is 3. The summed E-state index contributed by atoms with van der Waals surface area (Å²) in [7, 11) is 1.55. The van der Waals surface area contributed by atoms with Crippen molar-refractivity contribution in [2.24, 2.45) is 0 Å². The molecule has 1 N–H and O–H groups in total. The molecule has 120 valence electrons. The molecule has 2 rings (SSSR count). The van der Waals surface area contributed by atoms with Crippen LogP contribution in [0.25, 0.3) is 0 Å². The number of piperazine rings is 1. The van der Waals surface area contributed by atoms with Crippen LogP contribution in [0.2, 0.25) is 0 Å². The van der Waals surface area contributed by atoms with Gasteiger partial charge in [0, 0.05) is 43.9 Å². The molecule has 1 aliphatic rings. The molecule has 0 spiro atoms. The van der Waals surface area contributed by atoms with Gasteiger partial charge in [-0.15, -0.1) is 31.4 Å². The second-order valence-electron chi connectivity index (χ2n) is 4.71. The number of hydrogen-bond donors (Lipinski definition) is 1. The maximum absolute atomic E-state index is 14.2. The van der Waals surface area contributed by atoms with E-state index in [2.05, 4.69) is 16.8 Å². The Kier molecular flexibility index (Phi) is 9.62. The van der Waals surface area contributed by atoms with E-state index in [1.807, 2.05) is 18.2 Å². The van der Waals surface area contributed by atoms with E-state index in [1.165, 1.54) is 6.07 Å². The van der Waals surface area contributed by atoms with Crippen LogP contribution in [0.1, 0.15) is 18.0 Å². The van der Waals surface area contributed by atoms with Crippen molar-refractivity contribution < 1.29 is 9.13 Å². The Balaban J connectivity index is 0.00000200. The molecule has 1 fully saturated rings. The molecule has 0 aliphatic carbocycles. The van der Waals surface area contributed by atoms with Gasteiger partial charge in [0.05, 0.1) is 7.11 Å². The third-order valence-corrected chi connectivity index (χ3v) is 3.55. The molecule has 0 unspecified atom stereocenters. The van der Waals surface area contributed by atoms with E-state index in [9.17, 15) is 4.39 Å². The first kappa shape index (κ1) is 20.2. The number of methoxy groups -OCH3 is 1. The van der Waals surface area contributed by atoms with Crippen LogP contribution >= 0.6 is 24.8 Å². The van der Waals surface area contributed by atoms with Gasteiger partial charge >= 0.3 is 0 Å². The minimum Gasteiger partial charge on any atom is -0.497 e. The van der Waals surface area contributed by atoms with Crippen molar-refractivity contribution in [1.29, 1.82) is 0 Å². The fourth-order valence-electron chi connectivity index (χ4n) is 2.53. The van der Waals surface area contributed by atoms with Gasteiger partial charge in [0.2, 0.25) is 0 Å². The highest BCUT2D eigenvalue weighted by Crippen LogP contribution is 2.29. The second-order valence-corrected chi connectivity index (χ2v) is 4.71. The summed E-state index contributed by atoms with van der Waals surface area (Å²) < 4.78 is 19.3. The first-order valence-corrected chi connectivity index (χ1v) is 6.65. The molecule has 0 radical (unpaired) electrons. The predicted octanol–water partition coefficient (Wildman–Crippen LogP) is 3.20. The van der Waals surface area contributed by atoms with Gasteiger partial charge in [0.15, 0.2) is 0 Å². The quantitative estimate of drug-likeness (QED) is 0.835. The molecule has 1 heterocycles. The molecule has 1 aliphatic heterocycles. The number of hydrogen-bond acceptors (Lipinski definition) is 3. The van der Waals surface area contributed by atoms with Crippen LogP contribution in [0, 0.1) is 5.82 Å². The highest BCUT2D eigenvalue weighted by atomic mass is 35.5. The van der Waals surface area contributed by atoms with Crippen molar-refractivity contribution in [2.45, 2.75) is 12.5 Å². The number of rotatable bonds is 5. The van der Waals surface area contributed by atoms with Crippen molar-refractivity contribution in [3.05, 3.63) is 42.2 Å². The molecule has 1 aromatic rings. The van der Waals surface area contributed by atoms with E-state index in [1.54, 1.807) is 7.11 Å². The summed E-state index contributed by atoms with van der Waals surface area (Å²) in [6, 6.07) is 5.15. The maximum atomic E-state index is 14.2. The zero-order chi connectivity index (χ0) is 13.7. The van der Waals surface area contributed by atoms with Gasteiger partial charge in [0.1, 0.15) is 11.6 Å². The number of nitrogens with zero attached hydrogens (tertiary/aromatic N) is 1. The van der Waals surface area contributed by atoms with Crippen LogP contribution in [0.5, 0.6) is 5.75 Å². The van der Waals surface area contributed by atoms with E-state index >= 15 is 0 Å². The van der Waals surface area contributed by atoms with Crippen LogP contribution in [0.4, 0.5) is 4.39 Å². The lowest BCUT2D eigenvalue weighted by molar-refractivity contribution is 0.171. The molecular weight excluding hydrogens is 314 g/mol. The molecular formula is C15H23Cl2FN2O. The second kappa shape index (κ2) is 10.0. The Bertz CT molecular complexity index is 440. The van der Waals surface area contributed by atoms with Crippen molar-refractivity contribution in [3.63, 3.8) is 0 Å². The summed E-state index contributed by atoms with van der Waals surface area (Å²) in [6.45, 7) is 7.56. The van der Waals surface area contributed by atoms with E-state index in [0.717, 1.165) is 38.2 Å². The Hall–Kier alpha value is -0.810. The monoisotopic (exact) mass is 336 g/mol. The fourth-order valence-corrected chi connectivity index (χ4v) is 2.53. The standard InChI is InChI=1S/C15H21FN2O.2ClH/c1-3-4-15(18-9-7-17-8-10-18)13-6-5-12(19-2)11-14(13)16;;/h3,5-6,11,15,17H,1,4,7-10H2,2H3;2*1H/t15-;;/m1../s1. The summed E-state index contributed by atoms with van der Waals surface area (Å²) in [6.07, 6.45) is 2.61. The lowest BCUT2D eigenvalue weighted by atomic mass is 10.0. The number of benzene rings is 1. The SMILES string of the molecule is C=CC[C@H](c1ccc(OC)cc1F)N1CCNCC1.Cl.Cl. The van der Waals surface area contributed by atoms with Crippen molar-refractivity contribution in [1.82, 2.24) is 10.2 Å². The summed E-state index contributed by atoms with van der Waals surface area (Å²) in [5.41, 5.74) is 0.725. The van der Waals surface area contributed by atoms with E-state index < -0.39 is 0 Å². The number of nitrogens with one attached hydrogen (secondary N) is 1. The third-order valence-electron chi connectivity index (χ3n) is 3.55. The summed E-state index contributed by atoms with van der Waals surface area (Å²) in [5, 5.41) is 3.31. The topological polar surface area (TPSA) is 24.5 Å². The Labute approximate surface area is 138 Å². The Morgan fingerprint density at radius 2 is 2.05 bits per heavy atom. The maximum Gasteiger partial charge on any atom is 0.131 e. The van der Waals surface area contributed by atoms with E-state index in [4.69, 9.17) is 4.74 Å². The van der Waals surface area contributed by atoms with E-state index in [0.29, 0.717) is 5.75 Å². The third kappa shape index (κ3) is 5.15. The van der Waals surface area contributed by atoms with Gasteiger partial charge < -0.3 is 10.1 Å². The van der Waals surface area contributed by atoms with Crippen molar-refractivity contribution >= 4 is 24.8 Å². The highest BCUT2D eigenvalue weighted by molar-refractivity contribution is 5.85. The fraction of sp³-hybridized carbons (Fsp3) is 0.467. The first-order chi connectivity index (χ1) is 9.26. The van der Waals surface area contributed by atoms with Gasteiger partial charge in [-0.1, -0.05) is 12.1 Å². The van der Waals surface area contributed by atoms with E-state index in [-0.39, 0.29) is 36.7 Å². The van der Waals surface area contributed by atoms with Gasteiger partial charge in [-0.25, -0.2) is 4.39 Å². The lowest BCUT2D eigenvalue weighted by Gasteiger charge is -2.35. The molecule has 3 nitrogen and oxygen atoms in total. The normalized spacial score (nSPS) is 16.3. The largest absolute Gasteiger partial charge is 0.497 e. The predicted molar refractivity (Wildman–Crippen MR) is 89.4 cm³/mol. The molecule has 0 aromatic heterocycles. The van der Waals surface area contributed by atoms with Crippen LogP contribution in [-0.2, 0) is 0 Å². The van der Waals surface area contributed by atoms with Crippen LogP contribution in [0.15, 0.2) is 30.9 Å². The van der Waals surface area contributed by atoms with Crippen LogP contribution in [-0.4, -0.2) is 38.2 Å². The Morgan fingerprint density at radius 1 is 1.38 bits per heavy atom. The van der Waals surface area contributed by atoms with Crippen molar-refractivity contribution in [3.8, 4) is 5.75 Å². The summed E-state index contributed by atoms with van der Waals surface area (Å²) in [5.74, 6) is 0.351. The first-order valence-electron chi connectivity index (χ1n) is 6.65. The molecule has 21 heavy (non-hydrogen) atoms. The highest BCUT2D eigenvalue weighted by Gasteiger charge is 2.23. The zero-order valence-corrected chi connectivity index (χ0v) is 13.8. The molecule has 1 atom stereocenters. The summed E-state index contributed by atoms with van der Waals surface area (Å²) in [4.78, 5) is 2.31. The van der Waals surface area contributed by atoms with Gasteiger partial charge in [-0.3, -0.25) is 4.90 Å². The zero-order valence-electron chi connectivity index (χ0n) is 12.2. The average molecular weight is 337 g/mol. The molecule has 0 amide bonds. The van der Waals surface area contributed by atoms with Gasteiger partial charge in [0.25, 0.3) is 0 Å². The molecule has 0 saturated carbocycles. The minimum atomic E-state index is -0.204. The van der Waals surface area contributed by atoms with Crippen molar-refractivity contribution in [2.75, 3.05) is 33.3 Å². The molecule has 1 saturated heterocycles. The van der Waals surface area contributed by atoms with Gasteiger partial charge in [-0.2, -0.15) is 0 Å². The number of ether oxygens (including phenoxy) is 1. The van der Waals surface area contributed by atoms with Crippen LogP contribution in [0.3, 0.4) is 0 Å². The Morgan fingerprint density at radius 3 is 2.57 bits per heavy atom. The average Bonchev–Trinajstić information content (AvgIpc) is 2.46. The molecule has 6 heteroatoms.